The average molecular weight is 225 g/mol. The van der Waals surface area contributed by atoms with Crippen LogP contribution in [0.5, 0.6) is 0 Å². The molecular formula is C10H11NOS2. The van der Waals surface area contributed by atoms with Crippen LogP contribution in [0.3, 0.4) is 0 Å². The van der Waals surface area contributed by atoms with E-state index >= 15 is 0 Å². The van der Waals surface area contributed by atoms with Crippen molar-refractivity contribution >= 4 is 22.7 Å². The summed E-state index contributed by atoms with van der Waals surface area (Å²) in [6, 6.07) is 2.03. The minimum absolute atomic E-state index is 0.564. The van der Waals surface area contributed by atoms with Crippen molar-refractivity contribution in [3.05, 3.63) is 38.0 Å². The summed E-state index contributed by atoms with van der Waals surface area (Å²) in [5, 5.41) is 11.9. The van der Waals surface area contributed by atoms with E-state index in [1.807, 2.05) is 18.4 Å². The summed E-state index contributed by atoms with van der Waals surface area (Å²) in [6.45, 7) is 4.08. The smallest absolute Gasteiger partial charge is 0.123 e. The number of hydrogen-bond donors (Lipinski definition) is 1. The molecule has 0 saturated heterocycles. The molecule has 2 aromatic heterocycles. The molecule has 2 rings (SSSR count). The van der Waals surface area contributed by atoms with Gasteiger partial charge in [0, 0.05) is 20.7 Å². The highest BCUT2D eigenvalue weighted by atomic mass is 32.1. The van der Waals surface area contributed by atoms with Gasteiger partial charge in [-0.05, 0) is 19.9 Å². The predicted molar refractivity (Wildman–Crippen MR) is 60.0 cm³/mol. The molecule has 14 heavy (non-hydrogen) atoms. The second kappa shape index (κ2) is 3.81. The lowest BCUT2D eigenvalue weighted by molar-refractivity contribution is 0.216. The molecular weight excluding hydrogens is 214 g/mol. The molecule has 0 amide bonds. The molecule has 2 nitrogen and oxygen atoms in total. The van der Waals surface area contributed by atoms with Crippen molar-refractivity contribution in [2.75, 3.05) is 0 Å². The van der Waals surface area contributed by atoms with Gasteiger partial charge in [0.25, 0.3) is 0 Å². The van der Waals surface area contributed by atoms with Crippen molar-refractivity contribution in [3.8, 4) is 0 Å². The first-order chi connectivity index (χ1) is 6.68. The second-order valence-electron chi connectivity index (χ2n) is 3.18. The third-order valence-electron chi connectivity index (χ3n) is 2.11. The van der Waals surface area contributed by atoms with Crippen LogP contribution in [0.1, 0.15) is 27.1 Å². The Balaban J connectivity index is 2.36. The van der Waals surface area contributed by atoms with E-state index in [1.165, 1.54) is 21.1 Å². The number of hydrogen-bond acceptors (Lipinski definition) is 4. The first-order valence-electron chi connectivity index (χ1n) is 4.31. The molecule has 0 saturated carbocycles. The summed E-state index contributed by atoms with van der Waals surface area (Å²) < 4.78 is 0. The number of aliphatic hydroxyl groups is 1. The average Bonchev–Trinajstić information content (AvgIpc) is 2.73. The predicted octanol–water partition coefficient (Wildman–Crippen LogP) is 2.90. The molecule has 0 aliphatic rings. The van der Waals surface area contributed by atoms with Crippen molar-refractivity contribution in [1.82, 2.24) is 4.98 Å². The minimum Gasteiger partial charge on any atom is -0.382 e. The summed E-state index contributed by atoms with van der Waals surface area (Å²) in [5.41, 5.74) is 3.47. The lowest BCUT2D eigenvalue weighted by Crippen LogP contribution is -1.99. The van der Waals surface area contributed by atoms with Gasteiger partial charge >= 0.3 is 0 Å². The molecule has 74 valence electrons. The van der Waals surface area contributed by atoms with Gasteiger partial charge in [0.1, 0.15) is 6.10 Å². The van der Waals surface area contributed by atoms with Crippen LogP contribution in [0.15, 0.2) is 17.0 Å². The number of aromatic nitrogens is 1. The Kier molecular flexibility index (Phi) is 2.67. The SMILES string of the molecule is Cc1cc(C(O)c2cscn2)c(C)s1. The normalized spacial score (nSPS) is 13.1. The molecule has 0 fully saturated rings. The highest BCUT2D eigenvalue weighted by Crippen LogP contribution is 2.30. The van der Waals surface area contributed by atoms with Crippen molar-refractivity contribution in [1.29, 1.82) is 0 Å². The maximum atomic E-state index is 10.0. The zero-order valence-electron chi connectivity index (χ0n) is 8.02. The molecule has 2 aromatic rings. The lowest BCUT2D eigenvalue weighted by atomic mass is 10.1. The van der Waals surface area contributed by atoms with Crippen molar-refractivity contribution < 1.29 is 5.11 Å². The van der Waals surface area contributed by atoms with Crippen LogP contribution in [0.25, 0.3) is 0 Å². The lowest BCUT2D eigenvalue weighted by Gasteiger charge is -2.06. The standard InChI is InChI=1S/C10H11NOS2/c1-6-3-8(7(2)14-6)10(12)9-4-13-5-11-9/h3-5,10,12H,1-2H3. The van der Waals surface area contributed by atoms with Gasteiger partial charge in [-0.25, -0.2) is 4.98 Å². The van der Waals surface area contributed by atoms with Crippen LogP contribution in [0.2, 0.25) is 0 Å². The summed E-state index contributed by atoms with van der Waals surface area (Å²) >= 11 is 3.22. The Labute approximate surface area is 90.9 Å². The number of thiazole rings is 1. The van der Waals surface area contributed by atoms with E-state index < -0.39 is 6.10 Å². The van der Waals surface area contributed by atoms with Crippen LogP contribution in [-0.4, -0.2) is 10.1 Å². The zero-order chi connectivity index (χ0) is 10.1. The van der Waals surface area contributed by atoms with E-state index in [0.717, 1.165) is 11.3 Å². The van der Waals surface area contributed by atoms with Gasteiger partial charge in [0.2, 0.25) is 0 Å². The van der Waals surface area contributed by atoms with Gasteiger partial charge in [0.15, 0.2) is 0 Å². The van der Waals surface area contributed by atoms with Crippen LogP contribution in [-0.2, 0) is 0 Å². The van der Waals surface area contributed by atoms with E-state index in [2.05, 4.69) is 11.9 Å². The van der Waals surface area contributed by atoms with Gasteiger partial charge < -0.3 is 5.11 Å². The first kappa shape index (κ1) is 9.83. The summed E-state index contributed by atoms with van der Waals surface area (Å²) in [7, 11) is 0. The van der Waals surface area contributed by atoms with Crippen LogP contribution in [0, 0.1) is 13.8 Å². The molecule has 0 aromatic carbocycles. The highest BCUT2D eigenvalue weighted by molar-refractivity contribution is 7.12. The number of rotatable bonds is 2. The fourth-order valence-corrected chi connectivity index (χ4v) is 2.97. The molecule has 0 aliphatic carbocycles. The Bertz CT molecular complexity index is 419. The van der Waals surface area contributed by atoms with E-state index in [9.17, 15) is 5.11 Å². The fourth-order valence-electron chi connectivity index (χ4n) is 1.44. The summed E-state index contributed by atoms with van der Waals surface area (Å²) in [4.78, 5) is 6.51. The Hall–Kier alpha value is -0.710. The van der Waals surface area contributed by atoms with E-state index in [0.29, 0.717) is 0 Å². The third-order valence-corrected chi connectivity index (χ3v) is 3.69. The Morgan fingerprint density at radius 3 is 2.71 bits per heavy atom. The molecule has 0 spiro atoms. The van der Waals surface area contributed by atoms with Gasteiger partial charge in [-0.3, -0.25) is 0 Å². The van der Waals surface area contributed by atoms with Crippen molar-refractivity contribution in [3.63, 3.8) is 0 Å². The molecule has 2 heterocycles. The molecule has 0 aliphatic heterocycles. The minimum atomic E-state index is -0.564. The molecule has 4 heteroatoms. The van der Waals surface area contributed by atoms with Gasteiger partial charge in [-0.2, -0.15) is 0 Å². The number of aliphatic hydroxyl groups excluding tert-OH is 1. The van der Waals surface area contributed by atoms with E-state index in [1.54, 1.807) is 16.8 Å². The Morgan fingerprint density at radius 2 is 2.21 bits per heavy atom. The van der Waals surface area contributed by atoms with Gasteiger partial charge in [-0.1, -0.05) is 0 Å². The summed E-state index contributed by atoms with van der Waals surface area (Å²) in [5.74, 6) is 0. The number of aryl methyl sites for hydroxylation is 2. The molecule has 1 unspecified atom stereocenters. The topological polar surface area (TPSA) is 33.1 Å². The van der Waals surface area contributed by atoms with Crippen LogP contribution < -0.4 is 0 Å². The Morgan fingerprint density at radius 1 is 1.43 bits per heavy atom. The molecule has 0 radical (unpaired) electrons. The molecule has 1 atom stereocenters. The molecule has 0 bridgehead atoms. The van der Waals surface area contributed by atoms with Gasteiger partial charge in [0.05, 0.1) is 11.2 Å². The maximum Gasteiger partial charge on any atom is 0.123 e. The van der Waals surface area contributed by atoms with E-state index in [-0.39, 0.29) is 0 Å². The van der Waals surface area contributed by atoms with E-state index in [4.69, 9.17) is 0 Å². The van der Waals surface area contributed by atoms with Crippen LogP contribution in [0.4, 0.5) is 0 Å². The maximum absolute atomic E-state index is 10.0. The zero-order valence-corrected chi connectivity index (χ0v) is 9.65. The number of thiophene rings is 1. The van der Waals surface area contributed by atoms with Crippen molar-refractivity contribution in [2.45, 2.75) is 20.0 Å². The monoisotopic (exact) mass is 225 g/mol. The number of nitrogens with zero attached hydrogens (tertiary/aromatic N) is 1. The molecule has 1 N–H and O–H groups in total. The van der Waals surface area contributed by atoms with Crippen molar-refractivity contribution in [2.24, 2.45) is 0 Å². The largest absolute Gasteiger partial charge is 0.382 e. The van der Waals surface area contributed by atoms with Gasteiger partial charge in [-0.15, -0.1) is 22.7 Å². The van der Waals surface area contributed by atoms with Crippen LogP contribution >= 0.6 is 22.7 Å². The highest BCUT2D eigenvalue weighted by Gasteiger charge is 2.16. The quantitative estimate of drug-likeness (QED) is 0.852. The summed E-state index contributed by atoms with van der Waals surface area (Å²) in [6.07, 6.45) is -0.564. The third kappa shape index (κ3) is 1.73. The second-order valence-corrected chi connectivity index (χ2v) is 5.36. The first-order valence-corrected chi connectivity index (χ1v) is 6.07. The fraction of sp³-hybridized carbons (Fsp3) is 0.300.